The molecule has 132 valence electrons. The molecule has 0 unspecified atom stereocenters. The monoisotopic (exact) mass is 424 g/mol. The van der Waals surface area contributed by atoms with Crippen LogP contribution in [-0.2, 0) is 14.8 Å². The molecule has 1 amide bonds. The first-order chi connectivity index (χ1) is 12.0. The van der Waals surface area contributed by atoms with Gasteiger partial charge in [0.05, 0.1) is 23.7 Å². The van der Waals surface area contributed by atoms with Gasteiger partial charge in [0.1, 0.15) is 0 Å². The quantitative estimate of drug-likeness (QED) is 0.818. The average molecular weight is 425 g/mol. The van der Waals surface area contributed by atoms with Gasteiger partial charge in [-0.25, -0.2) is 8.42 Å². The Balaban J connectivity index is 1.88. The molecule has 2 aromatic carbocycles. The summed E-state index contributed by atoms with van der Waals surface area (Å²) in [5.41, 5.74) is 0.902. The van der Waals surface area contributed by atoms with Crippen LogP contribution in [0.5, 0.6) is 0 Å². The highest BCUT2D eigenvalue weighted by molar-refractivity contribution is 9.10. The summed E-state index contributed by atoms with van der Waals surface area (Å²) in [4.78, 5) is 12.6. The first-order valence-electron chi connectivity index (χ1n) is 7.72. The molecule has 0 aliphatic carbocycles. The lowest BCUT2D eigenvalue weighted by molar-refractivity contribution is 0.0730. The van der Waals surface area contributed by atoms with Gasteiger partial charge in [-0.3, -0.25) is 4.79 Å². The summed E-state index contributed by atoms with van der Waals surface area (Å²) in [6, 6.07) is 13.5. The number of ether oxygens (including phenoxy) is 1. The van der Waals surface area contributed by atoms with Crippen LogP contribution < -0.4 is 5.32 Å². The van der Waals surface area contributed by atoms with Gasteiger partial charge in [-0.1, -0.05) is 18.2 Å². The SMILES string of the molecule is O=C(Nc1ccccc1)c1cc(S(=O)(=O)N2CCOCC2)ccc1Br. The molecule has 0 spiro atoms. The maximum Gasteiger partial charge on any atom is 0.256 e. The Morgan fingerprint density at radius 3 is 2.44 bits per heavy atom. The highest BCUT2D eigenvalue weighted by Crippen LogP contribution is 2.25. The lowest BCUT2D eigenvalue weighted by Crippen LogP contribution is -2.40. The second-order valence-corrected chi connectivity index (χ2v) is 8.27. The summed E-state index contributed by atoms with van der Waals surface area (Å²) in [6.45, 7) is 1.36. The number of amides is 1. The number of halogens is 1. The van der Waals surface area contributed by atoms with Crippen molar-refractivity contribution in [2.45, 2.75) is 4.90 Å². The highest BCUT2D eigenvalue weighted by atomic mass is 79.9. The number of morpholine rings is 1. The molecule has 0 aromatic heterocycles. The van der Waals surface area contributed by atoms with Crippen molar-refractivity contribution in [2.24, 2.45) is 0 Å². The number of hydrogen-bond donors (Lipinski definition) is 1. The number of carbonyl (C=O) groups is 1. The van der Waals surface area contributed by atoms with Crippen LogP contribution in [0.3, 0.4) is 0 Å². The fraction of sp³-hybridized carbons (Fsp3) is 0.235. The minimum atomic E-state index is -3.66. The Bertz CT molecular complexity index is 865. The molecule has 1 saturated heterocycles. The number of nitrogens with zero attached hydrogens (tertiary/aromatic N) is 1. The number of sulfonamides is 1. The molecule has 0 atom stereocenters. The van der Waals surface area contributed by atoms with Crippen molar-refractivity contribution in [1.82, 2.24) is 4.31 Å². The number of nitrogens with one attached hydrogen (secondary N) is 1. The van der Waals surface area contributed by atoms with Gasteiger partial charge in [0.2, 0.25) is 10.0 Å². The van der Waals surface area contributed by atoms with Crippen molar-refractivity contribution in [1.29, 1.82) is 0 Å². The van der Waals surface area contributed by atoms with E-state index in [2.05, 4.69) is 21.2 Å². The van der Waals surface area contributed by atoms with E-state index in [1.807, 2.05) is 18.2 Å². The Morgan fingerprint density at radius 2 is 1.76 bits per heavy atom. The normalized spacial score (nSPS) is 15.7. The maximum absolute atomic E-state index is 12.8. The number of para-hydroxylation sites is 1. The van der Waals surface area contributed by atoms with Crippen molar-refractivity contribution >= 4 is 37.5 Å². The Hall–Kier alpha value is -1.74. The number of anilines is 1. The zero-order valence-electron chi connectivity index (χ0n) is 13.3. The van der Waals surface area contributed by atoms with Crippen LogP contribution in [0.25, 0.3) is 0 Å². The summed E-state index contributed by atoms with van der Waals surface area (Å²) >= 11 is 3.32. The highest BCUT2D eigenvalue weighted by Gasteiger charge is 2.27. The van der Waals surface area contributed by atoms with E-state index in [4.69, 9.17) is 4.74 Å². The van der Waals surface area contributed by atoms with E-state index in [1.54, 1.807) is 18.2 Å². The molecule has 1 heterocycles. The van der Waals surface area contributed by atoms with Gasteiger partial charge in [0, 0.05) is 23.2 Å². The van der Waals surface area contributed by atoms with Crippen molar-refractivity contribution in [2.75, 3.05) is 31.6 Å². The number of carbonyl (C=O) groups excluding carboxylic acids is 1. The predicted octanol–water partition coefficient (Wildman–Crippen LogP) is 2.72. The van der Waals surface area contributed by atoms with E-state index in [1.165, 1.54) is 16.4 Å². The zero-order valence-corrected chi connectivity index (χ0v) is 15.7. The van der Waals surface area contributed by atoms with Crippen molar-refractivity contribution < 1.29 is 17.9 Å². The van der Waals surface area contributed by atoms with Crippen LogP contribution in [0.4, 0.5) is 5.69 Å². The summed E-state index contributed by atoms with van der Waals surface area (Å²) in [5.74, 6) is -0.378. The third-order valence-corrected chi connectivity index (χ3v) is 6.41. The third kappa shape index (κ3) is 4.09. The van der Waals surface area contributed by atoms with E-state index >= 15 is 0 Å². The molecular formula is C17H17BrN2O4S. The predicted molar refractivity (Wildman–Crippen MR) is 98.1 cm³/mol. The van der Waals surface area contributed by atoms with Gasteiger partial charge in [-0.2, -0.15) is 4.31 Å². The van der Waals surface area contributed by atoms with E-state index in [0.29, 0.717) is 36.5 Å². The molecule has 0 bridgehead atoms. The van der Waals surface area contributed by atoms with Gasteiger partial charge in [0.15, 0.2) is 0 Å². The van der Waals surface area contributed by atoms with Crippen molar-refractivity contribution in [3.05, 3.63) is 58.6 Å². The molecule has 3 rings (SSSR count). The summed E-state index contributed by atoms with van der Waals surface area (Å²) in [5, 5.41) is 2.76. The van der Waals surface area contributed by atoms with Crippen LogP contribution in [0.2, 0.25) is 0 Å². The first-order valence-corrected chi connectivity index (χ1v) is 9.95. The molecule has 25 heavy (non-hydrogen) atoms. The Morgan fingerprint density at radius 1 is 1.08 bits per heavy atom. The second-order valence-electron chi connectivity index (χ2n) is 5.48. The molecule has 1 N–H and O–H groups in total. The van der Waals surface area contributed by atoms with Crippen LogP contribution in [0.1, 0.15) is 10.4 Å². The number of rotatable bonds is 4. The molecule has 1 aliphatic heterocycles. The van der Waals surface area contributed by atoms with Crippen LogP contribution in [-0.4, -0.2) is 44.9 Å². The fourth-order valence-corrected chi connectivity index (χ4v) is 4.36. The minimum absolute atomic E-state index is 0.0933. The molecule has 2 aromatic rings. The van der Waals surface area contributed by atoms with Crippen LogP contribution in [0.15, 0.2) is 57.9 Å². The molecule has 1 fully saturated rings. The average Bonchev–Trinajstić information content (AvgIpc) is 2.63. The molecule has 8 heteroatoms. The van der Waals surface area contributed by atoms with E-state index in [9.17, 15) is 13.2 Å². The van der Waals surface area contributed by atoms with Gasteiger partial charge >= 0.3 is 0 Å². The molecule has 6 nitrogen and oxygen atoms in total. The van der Waals surface area contributed by atoms with Crippen molar-refractivity contribution in [3.63, 3.8) is 0 Å². The van der Waals surface area contributed by atoms with E-state index in [-0.39, 0.29) is 16.4 Å². The minimum Gasteiger partial charge on any atom is -0.379 e. The summed E-state index contributed by atoms with van der Waals surface area (Å²) < 4.78 is 32.6. The standard InChI is InChI=1S/C17H17BrN2O4S/c18-16-7-6-14(25(22,23)20-8-10-24-11-9-20)12-15(16)17(21)19-13-4-2-1-3-5-13/h1-7,12H,8-11H2,(H,19,21). The lowest BCUT2D eigenvalue weighted by atomic mass is 10.2. The van der Waals surface area contributed by atoms with Crippen molar-refractivity contribution in [3.8, 4) is 0 Å². The largest absolute Gasteiger partial charge is 0.379 e. The van der Waals surface area contributed by atoms with E-state index < -0.39 is 10.0 Å². The van der Waals surface area contributed by atoms with Gasteiger partial charge < -0.3 is 10.1 Å². The zero-order chi connectivity index (χ0) is 17.9. The van der Waals surface area contributed by atoms with Crippen LogP contribution in [0, 0.1) is 0 Å². The molecule has 0 radical (unpaired) electrons. The summed E-state index contributed by atoms with van der Waals surface area (Å²) in [6.07, 6.45) is 0. The summed E-state index contributed by atoms with van der Waals surface area (Å²) in [7, 11) is -3.66. The smallest absolute Gasteiger partial charge is 0.256 e. The van der Waals surface area contributed by atoms with Crippen LogP contribution >= 0.6 is 15.9 Å². The van der Waals surface area contributed by atoms with Gasteiger partial charge in [-0.05, 0) is 46.3 Å². The molecule has 1 aliphatic rings. The van der Waals surface area contributed by atoms with Gasteiger partial charge in [-0.15, -0.1) is 0 Å². The molecule has 0 saturated carbocycles. The Labute approximate surface area is 155 Å². The van der Waals surface area contributed by atoms with E-state index in [0.717, 1.165) is 0 Å². The Kier molecular flexibility index (Phi) is 5.53. The number of benzene rings is 2. The van der Waals surface area contributed by atoms with Gasteiger partial charge in [0.25, 0.3) is 5.91 Å². The lowest BCUT2D eigenvalue weighted by Gasteiger charge is -2.26. The fourth-order valence-electron chi connectivity index (χ4n) is 2.49. The topological polar surface area (TPSA) is 75.7 Å². The first kappa shape index (κ1) is 18.1. The third-order valence-electron chi connectivity index (χ3n) is 3.82. The number of hydrogen-bond acceptors (Lipinski definition) is 4. The second kappa shape index (κ2) is 7.65. The molecular weight excluding hydrogens is 408 g/mol. The maximum atomic E-state index is 12.8.